The van der Waals surface area contributed by atoms with Crippen molar-refractivity contribution in [1.29, 1.82) is 0 Å². The number of amides is 1. The molecule has 0 aliphatic carbocycles. The maximum atomic E-state index is 11.9. The first kappa shape index (κ1) is 11.9. The van der Waals surface area contributed by atoms with E-state index in [0.717, 1.165) is 12.2 Å². The van der Waals surface area contributed by atoms with Crippen molar-refractivity contribution in [2.45, 2.75) is 19.4 Å². The number of hydrogen-bond donors (Lipinski definition) is 1. The fraction of sp³-hybridized carbons (Fsp3) is 0.462. The molecule has 0 spiro atoms. The van der Waals surface area contributed by atoms with Gasteiger partial charge in [0.1, 0.15) is 5.75 Å². The Labute approximate surface area is 101 Å². The Kier molecular flexibility index (Phi) is 3.98. The van der Waals surface area contributed by atoms with Crippen LogP contribution in [0.2, 0.25) is 0 Å². The number of benzene rings is 1. The maximum Gasteiger partial charge on any atom is 0.251 e. The van der Waals surface area contributed by atoms with E-state index in [4.69, 9.17) is 9.47 Å². The zero-order valence-corrected chi connectivity index (χ0v) is 9.94. The molecule has 0 radical (unpaired) electrons. The van der Waals surface area contributed by atoms with Gasteiger partial charge < -0.3 is 14.8 Å². The molecule has 1 aromatic rings. The predicted octanol–water partition coefficient (Wildman–Crippen LogP) is 1.60. The molecule has 1 fully saturated rings. The summed E-state index contributed by atoms with van der Waals surface area (Å²) < 4.78 is 10.5. The van der Waals surface area contributed by atoms with Crippen LogP contribution in [-0.2, 0) is 4.74 Å². The number of nitrogens with one attached hydrogen (secondary N) is 1. The van der Waals surface area contributed by atoms with Gasteiger partial charge in [0.2, 0.25) is 0 Å². The fourth-order valence-electron chi connectivity index (χ4n) is 1.53. The SMILES string of the molecule is CCCOc1cccc(C(=O)NC2COC2)c1. The van der Waals surface area contributed by atoms with Crippen LogP contribution >= 0.6 is 0 Å². The number of carbonyl (C=O) groups excluding carboxylic acids is 1. The Hall–Kier alpha value is -1.55. The van der Waals surface area contributed by atoms with Gasteiger partial charge in [-0.2, -0.15) is 0 Å². The topological polar surface area (TPSA) is 47.6 Å². The highest BCUT2D eigenvalue weighted by Gasteiger charge is 2.20. The van der Waals surface area contributed by atoms with Crippen LogP contribution in [0.15, 0.2) is 24.3 Å². The minimum absolute atomic E-state index is 0.0692. The minimum atomic E-state index is -0.0692. The van der Waals surface area contributed by atoms with E-state index in [2.05, 4.69) is 5.32 Å². The van der Waals surface area contributed by atoms with E-state index < -0.39 is 0 Å². The molecule has 0 bridgehead atoms. The van der Waals surface area contributed by atoms with Crippen LogP contribution in [0.3, 0.4) is 0 Å². The molecule has 0 aromatic heterocycles. The molecule has 1 heterocycles. The Bertz CT molecular complexity index is 388. The quantitative estimate of drug-likeness (QED) is 0.843. The van der Waals surface area contributed by atoms with Gasteiger partial charge in [-0.3, -0.25) is 4.79 Å². The van der Waals surface area contributed by atoms with Crippen molar-refractivity contribution in [3.8, 4) is 5.75 Å². The van der Waals surface area contributed by atoms with Gasteiger partial charge in [-0.25, -0.2) is 0 Å². The lowest BCUT2D eigenvalue weighted by Crippen LogP contribution is -2.48. The Morgan fingerprint density at radius 2 is 2.35 bits per heavy atom. The van der Waals surface area contributed by atoms with Crippen molar-refractivity contribution >= 4 is 5.91 Å². The third-order valence-corrected chi connectivity index (χ3v) is 2.54. The molecule has 1 aromatic carbocycles. The summed E-state index contributed by atoms with van der Waals surface area (Å²) in [6.45, 7) is 3.93. The molecule has 1 saturated heterocycles. The molecule has 1 aliphatic heterocycles. The summed E-state index contributed by atoms with van der Waals surface area (Å²) in [5.41, 5.74) is 0.630. The van der Waals surface area contributed by atoms with Gasteiger partial charge in [0.25, 0.3) is 5.91 Å². The highest BCUT2D eigenvalue weighted by atomic mass is 16.5. The second-order valence-electron chi connectivity index (χ2n) is 4.08. The summed E-state index contributed by atoms with van der Waals surface area (Å²) in [7, 11) is 0. The third-order valence-electron chi connectivity index (χ3n) is 2.54. The fourth-order valence-corrected chi connectivity index (χ4v) is 1.53. The summed E-state index contributed by atoms with van der Waals surface area (Å²) in [4.78, 5) is 11.9. The van der Waals surface area contributed by atoms with Crippen LogP contribution < -0.4 is 10.1 Å². The van der Waals surface area contributed by atoms with Gasteiger partial charge in [-0.1, -0.05) is 13.0 Å². The Balaban J connectivity index is 1.96. The first-order valence-corrected chi connectivity index (χ1v) is 5.91. The number of rotatable bonds is 5. The Morgan fingerprint density at radius 1 is 1.53 bits per heavy atom. The molecule has 1 N–H and O–H groups in total. The predicted molar refractivity (Wildman–Crippen MR) is 64.3 cm³/mol. The molecule has 92 valence electrons. The van der Waals surface area contributed by atoms with Crippen molar-refractivity contribution < 1.29 is 14.3 Å². The molecule has 17 heavy (non-hydrogen) atoms. The van der Waals surface area contributed by atoms with E-state index in [-0.39, 0.29) is 11.9 Å². The molecule has 1 amide bonds. The zero-order chi connectivity index (χ0) is 12.1. The summed E-state index contributed by atoms with van der Waals surface area (Å²) in [6.07, 6.45) is 0.954. The van der Waals surface area contributed by atoms with Crippen LogP contribution in [-0.4, -0.2) is 31.8 Å². The highest BCUT2D eigenvalue weighted by Crippen LogP contribution is 2.14. The minimum Gasteiger partial charge on any atom is -0.494 e. The first-order valence-electron chi connectivity index (χ1n) is 5.91. The second-order valence-corrected chi connectivity index (χ2v) is 4.08. The van der Waals surface area contributed by atoms with Crippen molar-refractivity contribution in [2.24, 2.45) is 0 Å². The average Bonchev–Trinajstić information content (AvgIpc) is 2.31. The lowest BCUT2D eigenvalue weighted by atomic mass is 10.1. The Morgan fingerprint density at radius 3 is 3.00 bits per heavy atom. The van der Waals surface area contributed by atoms with Crippen LogP contribution in [0.5, 0.6) is 5.75 Å². The van der Waals surface area contributed by atoms with E-state index in [1.165, 1.54) is 0 Å². The lowest BCUT2D eigenvalue weighted by molar-refractivity contribution is -0.00346. The molecule has 0 saturated carbocycles. The van der Waals surface area contributed by atoms with E-state index in [1.54, 1.807) is 12.1 Å². The summed E-state index contributed by atoms with van der Waals surface area (Å²) in [5, 5.41) is 2.90. The van der Waals surface area contributed by atoms with Gasteiger partial charge in [-0.05, 0) is 24.6 Å². The van der Waals surface area contributed by atoms with Gasteiger partial charge in [-0.15, -0.1) is 0 Å². The van der Waals surface area contributed by atoms with E-state index in [0.29, 0.717) is 25.4 Å². The molecule has 1 aliphatic rings. The number of ether oxygens (including phenoxy) is 2. The second kappa shape index (κ2) is 5.68. The molecule has 0 unspecified atom stereocenters. The van der Waals surface area contributed by atoms with Gasteiger partial charge in [0, 0.05) is 5.56 Å². The van der Waals surface area contributed by atoms with E-state index >= 15 is 0 Å². The van der Waals surface area contributed by atoms with Crippen molar-refractivity contribution in [3.05, 3.63) is 29.8 Å². The zero-order valence-electron chi connectivity index (χ0n) is 9.94. The summed E-state index contributed by atoms with van der Waals surface area (Å²) >= 11 is 0. The van der Waals surface area contributed by atoms with Gasteiger partial charge >= 0.3 is 0 Å². The van der Waals surface area contributed by atoms with Crippen LogP contribution in [0.25, 0.3) is 0 Å². The largest absolute Gasteiger partial charge is 0.494 e. The van der Waals surface area contributed by atoms with E-state index in [1.807, 2.05) is 19.1 Å². The van der Waals surface area contributed by atoms with Crippen LogP contribution in [0, 0.1) is 0 Å². The number of hydrogen-bond acceptors (Lipinski definition) is 3. The standard InChI is InChI=1S/C13H17NO3/c1-2-6-17-12-5-3-4-10(7-12)13(15)14-11-8-16-9-11/h3-5,7,11H,2,6,8-9H2,1H3,(H,14,15). The first-order chi connectivity index (χ1) is 8.29. The smallest absolute Gasteiger partial charge is 0.251 e. The van der Waals surface area contributed by atoms with Crippen molar-refractivity contribution in [3.63, 3.8) is 0 Å². The van der Waals surface area contributed by atoms with Crippen LogP contribution in [0.1, 0.15) is 23.7 Å². The van der Waals surface area contributed by atoms with Gasteiger partial charge in [0.05, 0.1) is 25.9 Å². The molecule has 0 atom stereocenters. The normalized spacial score (nSPS) is 15.1. The summed E-state index contributed by atoms with van der Waals surface area (Å²) in [6, 6.07) is 7.40. The number of carbonyl (C=O) groups is 1. The maximum absolute atomic E-state index is 11.9. The van der Waals surface area contributed by atoms with Gasteiger partial charge in [0.15, 0.2) is 0 Å². The molecule has 4 heteroatoms. The molecule has 4 nitrogen and oxygen atoms in total. The van der Waals surface area contributed by atoms with Crippen molar-refractivity contribution in [2.75, 3.05) is 19.8 Å². The average molecular weight is 235 g/mol. The highest BCUT2D eigenvalue weighted by molar-refractivity contribution is 5.94. The lowest BCUT2D eigenvalue weighted by Gasteiger charge is -2.26. The monoisotopic (exact) mass is 235 g/mol. The van der Waals surface area contributed by atoms with E-state index in [9.17, 15) is 4.79 Å². The van der Waals surface area contributed by atoms with Crippen molar-refractivity contribution in [1.82, 2.24) is 5.32 Å². The molecular formula is C13H17NO3. The summed E-state index contributed by atoms with van der Waals surface area (Å²) in [5.74, 6) is 0.671. The molecule has 2 rings (SSSR count). The third kappa shape index (κ3) is 3.20. The molecular weight excluding hydrogens is 218 g/mol. The van der Waals surface area contributed by atoms with Crippen LogP contribution in [0.4, 0.5) is 0 Å².